The van der Waals surface area contributed by atoms with Crippen LogP contribution in [0.25, 0.3) is 0 Å². The second-order valence-corrected chi connectivity index (χ2v) is 5.59. The molecule has 0 heterocycles. The summed E-state index contributed by atoms with van der Waals surface area (Å²) < 4.78 is 0. The summed E-state index contributed by atoms with van der Waals surface area (Å²) in [5.41, 5.74) is 1.70. The van der Waals surface area contributed by atoms with Gasteiger partial charge in [0.05, 0.1) is 22.7 Å². The second-order valence-electron chi connectivity index (χ2n) is 5.16. The van der Waals surface area contributed by atoms with E-state index in [1.165, 1.54) is 18.2 Å². The Hall–Kier alpha value is -3.11. The van der Waals surface area contributed by atoms with Gasteiger partial charge in [-0.2, -0.15) is 5.26 Å². The van der Waals surface area contributed by atoms with E-state index in [0.29, 0.717) is 33.9 Å². The summed E-state index contributed by atoms with van der Waals surface area (Å²) >= 11 is 5.87. The summed E-state index contributed by atoms with van der Waals surface area (Å²) in [6.07, 6.45) is 0.544. The van der Waals surface area contributed by atoms with Crippen LogP contribution in [0.4, 0.5) is 17.1 Å². The highest BCUT2D eigenvalue weighted by Gasteiger charge is 2.14. The van der Waals surface area contributed by atoms with Gasteiger partial charge in [0.25, 0.3) is 5.69 Å². The van der Waals surface area contributed by atoms with Gasteiger partial charge in [0, 0.05) is 22.3 Å². The SMILES string of the molecule is CCc1ccc(NCC(=O)Nc2cc(Cl)ccc2C#N)cc1[N+](=O)[O-]. The Bertz CT molecular complexity index is 861. The molecule has 0 aliphatic carbocycles. The summed E-state index contributed by atoms with van der Waals surface area (Å²) in [5.74, 6) is -0.402. The molecule has 0 bridgehead atoms. The van der Waals surface area contributed by atoms with E-state index in [1.54, 1.807) is 18.2 Å². The zero-order valence-electron chi connectivity index (χ0n) is 13.4. The number of rotatable bonds is 6. The number of halogens is 1. The van der Waals surface area contributed by atoms with Crippen molar-refractivity contribution in [2.45, 2.75) is 13.3 Å². The molecular formula is C17H15ClN4O3. The number of nitrogens with one attached hydrogen (secondary N) is 2. The molecule has 2 rings (SSSR count). The number of nitriles is 1. The Morgan fingerprint density at radius 1 is 1.32 bits per heavy atom. The minimum Gasteiger partial charge on any atom is -0.376 e. The fourth-order valence-electron chi connectivity index (χ4n) is 2.24. The molecular weight excluding hydrogens is 344 g/mol. The molecule has 0 radical (unpaired) electrons. The molecule has 25 heavy (non-hydrogen) atoms. The molecule has 0 atom stereocenters. The van der Waals surface area contributed by atoms with Crippen LogP contribution in [0, 0.1) is 21.4 Å². The largest absolute Gasteiger partial charge is 0.376 e. The van der Waals surface area contributed by atoms with Crippen LogP contribution in [0.3, 0.4) is 0 Å². The summed E-state index contributed by atoms with van der Waals surface area (Å²) in [7, 11) is 0. The summed E-state index contributed by atoms with van der Waals surface area (Å²) in [4.78, 5) is 22.7. The van der Waals surface area contributed by atoms with Crippen LogP contribution in [0.1, 0.15) is 18.1 Å². The zero-order chi connectivity index (χ0) is 18.4. The van der Waals surface area contributed by atoms with E-state index in [-0.39, 0.29) is 12.2 Å². The van der Waals surface area contributed by atoms with Gasteiger partial charge in [-0.05, 0) is 30.7 Å². The number of nitrogens with zero attached hydrogens (tertiary/aromatic N) is 2. The van der Waals surface area contributed by atoms with Crippen LogP contribution in [0.5, 0.6) is 0 Å². The lowest BCUT2D eigenvalue weighted by Crippen LogP contribution is -2.22. The lowest BCUT2D eigenvalue weighted by atomic mass is 10.1. The van der Waals surface area contributed by atoms with Gasteiger partial charge < -0.3 is 10.6 Å². The number of hydrogen-bond acceptors (Lipinski definition) is 5. The van der Waals surface area contributed by atoms with Crippen molar-refractivity contribution in [1.82, 2.24) is 0 Å². The second kappa shape index (κ2) is 8.13. The van der Waals surface area contributed by atoms with E-state index in [2.05, 4.69) is 10.6 Å². The minimum atomic E-state index is -0.449. The maximum atomic E-state index is 12.0. The lowest BCUT2D eigenvalue weighted by Gasteiger charge is -2.10. The summed E-state index contributed by atoms with van der Waals surface area (Å²) in [6.45, 7) is 1.72. The average Bonchev–Trinajstić information content (AvgIpc) is 2.60. The lowest BCUT2D eigenvalue weighted by molar-refractivity contribution is -0.385. The van der Waals surface area contributed by atoms with E-state index in [9.17, 15) is 14.9 Å². The van der Waals surface area contributed by atoms with E-state index in [4.69, 9.17) is 16.9 Å². The summed E-state index contributed by atoms with van der Waals surface area (Å²) in [6, 6.07) is 11.3. The molecule has 0 aliphatic heterocycles. The van der Waals surface area contributed by atoms with Crippen molar-refractivity contribution >= 4 is 34.6 Å². The maximum absolute atomic E-state index is 12.0. The van der Waals surface area contributed by atoms with E-state index in [1.807, 2.05) is 13.0 Å². The summed E-state index contributed by atoms with van der Waals surface area (Å²) in [5, 5.41) is 25.9. The maximum Gasteiger partial charge on any atom is 0.274 e. The molecule has 0 spiro atoms. The molecule has 0 saturated carbocycles. The van der Waals surface area contributed by atoms with Crippen LogP contribution in [-0.2, 0) is 11.2 Å². The third kappa shape index (κ3) is 4.68. The molecule has 8 heteroatoms. The Labute approximate surface area is 149 Å². The first-order valence-electron chi connectivity index (χ1n) is 7.45. The zero-order valence-corrected chi connectivity index (χ0v) is 14.1. The highest BCUT2D eigenvalue weighted by atomic mass is 35.5. The molecule has 1 amide bonds. The van der Waals surface area contributed by atoms with Gasteiger partial charge in [-0.15, -0.1) is 0 Å². The number of carbonyl (C=O) groups excluding carboxylic acids is 1. The van der Waals surface area contributed by atoms with Crippen molar-refractivity contribution in [3.63, 3.8) is 0 Å². The van der Waals surface area contributed by atoms with Gasteiger partial charge in [-0.1, -0.05) is 24.6 Å². The molecule has 0 unspecified atom stereocenters. The van der Waals surface area contributed by atoms with Gasteiger partial charge in [0.15, 0.2) is 0 Å². The van der Waals surface area contributed by atoms with E-state index in [0.717, 1.165) is 0 Å². The fourth-order valence-corrected chi connectivity index (χ4v) is 2.41. The molecule has 7 nitrogen and oxygen atoms in total. The fraction of sp³-hybridized carbons (Fsp3) is 0.176. The van der Waals surface area contributed by atoms with Crippen molar-refractivity contribution in [3.05, 3.63) is 62.7 Å². The van der Waals surface area contributed by atoms with Crippen molar-refractivity contribution in [3.8, 4) is 6.07 Å². The number of benzene rings is 2. The van der Waals surface area contributed by atoms with Gasteiger partial charge in [-0.25, -0.2) is 0 Å². The average molecular weight is 359 g/mol. The number of hydrogen-bond donors (Lipinski definition) is 2. The molecule has 128 valence electrons. The molecule has 0 fully saturated rings. The van der Waals surface area contributed by atoms with Gasteiger partial charge in [0.1, 0.15) is 6.07 Å². The number of anilines is 2. The standard InChI is InChI=1S/C17H15ClN4O3/c1-2-11-4-6-14(8-16(11)22(24)25)20-10-17(23)21-15-7-13(18)5-3-12(15)9-19/h3-8,20H,2,10H2,1H3,(H,21,23). The Morgan fingerprint density at radius 2 is 2.08 bits per heavy atom. The third-order valence-corrected chi connectivity index (χ3v) is 3.73. The van der Waals surface area contributed by atoms with E-state index >= 15 is 0 Å². The first-order valence-corrected chi connectivity index (χ1v) is 7.83. The van der Waals surface area contributed by atoms with Gasteiger partial charge in [0.2, 0.25) is 5.91 Å². The van der Waals surface area contributed by atoms with E-state index < -0.39 is 10.8 Å². The van der Waals surface area contributed by atoms with Crippen molar-refractivity contribution < 1.29 is 9.72 Å². The molecule has 2 N–H and O–H groups in total. The molecule has 2 aromatic rings. The Balaban J connectivity index is 2.06. The van der Waals surface area contributed by atoms with Crippen molar-refractivity contribution in [2.75, 3.05) is 17.2 Å². The van der Waals surface area contributed by atoms with Crippen LogP contribution in [-0.4, -0.2) is 17.4 Å². The third-order valence-electron chi connectivity index (χ3n) is 3.49. The first-order chi connectivity index (χ1) is 11.9. The number of nitro benzene ring substituents is 1. The Kier molecular flexibility index (Phi) is 5.93. The normalized spacial score (nSPS) is 9.96. The van der Waals surface area contributed by atoms with Crippen LogP contribution < -0.4 is 10.6 Å². The smallest absolute Gasteiger partial charge is 0.274 e. The Morgan fingerprint density at radius 3 is 2.72 bits per heavy atom. The van der Waals surface area contributed by atoms with Crippen LogP contribution in [0.15, 0.2) is 36.4 Å². The quantitative estimate of drug-likeness (QED) is 0.604. The highest BCUT2D eigenvalue weighted by molar-refractivity contribution is 6.31. The number of carbonyl (C=O) groups is 1. The molecule has 0 saturated heterocycles. The molecule has 2 aromatic carbocycles. The highest BCUT2D eigenvalue weighted by Crippen LogP contribution is 2.24. The van der Waals surface area contributed by atoms with Crippen LogP contribution >= 0.6 is 11.6 Å². The topological polar surface area (TPSA) is 108 Å². The number of aryl methyl sites for hydroxylation is 1. The first kappa shape index (κ1) is 18.2. The van der Waals surface area contributed by atoms with Gasteiger partial charge in [-0.3, -0.25) is 14.9 Å². The number of amides is 1. The number of nitro groups is 1. The predicted octanol–water partition coefficient (Wildman–Crippen LogP) is 3.73. The van der Waals surface area contributed by atoms with Gasteiger partial charge >= 0.3 is 0 Å². The van der Waals surface area contributed by atoms with Crippen molar-refractivity contribution in [1.29, 1.82) is 5.26 Å². The predicted molar refractivity (Wildman–Crippen MR) is 95.8 cm³/mol. The van der Waals surface area contributed by atoms with Crippen molar-refractivity contribution in [2.24, 2.45) is 0 Å². The van der Waals surface area contributed by atoms with Crippen LogP contribution in [0.2, 0.25) is 5.02 Å². The minimum absolute atomic E-state index is 0.00881. The monoisotopic (exact) mass is 358 g/mol. The molecule has 0 aliphatic rings. The molecule has 0 aromatic heterocycles.